The van der Waals surface area contributed by atoms with E-state index in [1.54, 1.807) is 0 Å². The molecular weight excluding hydrogens is 200 g/mol. The lowest BCUT2D eigenvalue weighted by atomic mass is 10.0. The van der Waals surface area contributed by atoms with Crippen LogP contribution in [0.5, 0.6) is 0 Å². The van der Waals surface area contributed by atoms with Crippen LogP contribution in [-0.4, -0.2) is 9.66 Å². The lowest BCUT2D eigenvalue weighted by Gasteiger charge is -2.07. The molecule has 0 saturated carbocycles. The van der Waals surface area contributed by atoms with Crippen molar-refractivity contribution in [3.63, 3.8) is 0 Å². The second kappa shape index (κ2) is 3.56. The van der Waals surface area contributed by atoms with E-state index in [0.29, 0.717) is 5.82 Å². The Morgan fingerprint density at radius 3 is 2.12 bits per heavy atom. The van der Waals surface area contributed by atoms with Crippen molar-refractivity contribution in [1.29, 1.82) is 0 Å². The smallest absolute Gasteiger partial charge is 0.150 e. The van der Waals surface area contributed by atoms with Gasteiger partial charge in [-0.1, -0.05) is 18.2 Å². The van der Waals surface area contributed by atoms with Gasteiger partial charge in [-0.2, -0.15) is 0 Å². The molecule has 4 N–H and O–H groups in total. The number of nitrogen functional groups attached to an aromatic ring is 2. The Morgan fingerprint density at radius 2 is 1.69 bits per heavy atom. The minimum absolute atomic E-state index is 0.509. The third-order valence-electron chi connectivity index (χ3n) is 2.84. The van der Waals surface area contributed by atoms with E-state index in [9.17, 15) is 0 Å². The van der Waals surface area contributed by atoms with Crippen molar-refractivity contribution < 1.29 is 0 Å². The first-order valence-corrected chi connectivity index (χ1v) is 5.19. The number of hydrogen-bond acceptors (Lipinski definition) is 3. The van der Waals surface area contributed by atoms with E-state index in [0.717, 1.165) is 28.2 Å². The molecule has 84 valence electrons. The Hall–Kier alpha value is -1.97. The molecule has 0 spiro atoms. The topological polar surface area (TPSA) is 69.9 Å². The molecule has 2 aromatic rings. The van der Waals surface area contributed by atoms with Gasteiger partial charge in [-0.3, -0.25) is 0 Å². The lowest BCUT2D eigenvalue weighted by molar-refractivity contribution is 0.937. The normalized spacial score (nSPS) is 10.7. The van der Waals surface area contributed by atoms with Gasteiger partial charge in [-0.15, -0.1) is 0 Å². The van der Waals surface area contributed by atoms with Gasteiger partial charge in [0, 0.05) is 5.56 Å². The van der Waals surface area contributed by atoms with Crippen LogP contribution < -0.4 is 11.6 Å². The van der Waals surface area contributed by atoms with E-state index in [1.165, 1.54) is 4.68 Å². The molecule has 0 amide bonds. The van der Waals surface area contributed by atoms with Crippen molar-refractivity contribution >= 4 is 5.82 Å². The van der Waals surface area contributed by atoms with Crippen LogP contribution in [0, 0.1) is 20.8 Å². The molecule has 0 fully saturated rings. The molecule has 1 aromatic carbocycles. The summed E-state index contributed by atoms with van der Waals surface area (Å²) in [6.45, 7) is 5.94. The van der Waals surface area contributed by atoms with Gasteiger partial charge in [0.25, 0.3) is 0 Å². The zero-order valence-corrected chi connectivity index (χ0v) is 9.78. The highest BCUT2D eigenvalue weighted by Crippen LogP contribution is 2.30. The third kappa shape index (κ3) is 1.43. The molecule has 0 aliphatic carbocycles. The number of aromatic nitrogens is 2. The van der Waals surface area contributed by atoms with Gasteiger partial charge in [0.15, 0.2) is 5.82 Å². The molecule has 0 radical (unpaired) electrons. The lowest BCUT2D eigenvalue weighted by Crippen LogP contribution is -2.13. The molecule has 0 aliphatic heterocycles. The first kappa shape index (κ1) is 10.5. The average Bonchev–Trinajstić information content (AvgIpc) is 2.47. The largest absolute Gasteiger partial charge is 0.382 e. The summed E-state index contributed by atoms with van der Waals surface area (Å²) in [5.74, 6) is 7.00. The molecule has 1 heterocycles. The SMILES string of the molecule is Cc1cccc(C)c1-c1nc(C)n(N)c1N. The van der Waals surface area contributed by atoms with Crippen LogP contribution in [0.1, 0.15) is 17.0 Å². The average molecular weight is 216 g/mol. The van der Waals surface area contributed by atoms with Crippen molar-refractivity contribution in [1.82, 2.24) is 9.66 Å². The molecular formula is C12H16N4. The maximum atomic E-state index is 5.95. The number of hydrogen-bond donors (Lipinski definition) is 2. The summed E-state index contributed by atoms with van der Waals surface area (Å²) in [5, 5.41) is 0. The fourth-order valence-corrected chi connectivity index (χ4v) is 1.93. The molecule has 16 heavy (non-hydrogen) atoms. The molecule has 0 aliphatic rings. The summed E-state index contributed by atoms with van der Waals surface area (Å²) in [5.41, 5.74) is 10.1. The number of nitrogens with two attached hydrogens (primary N) is 2. The van der Waals surface area contributed by atoms with Crippen molar-refractivity contribution in [3.8, 4) is 11.3 Å². The monoisotopic (exact) mass is 216 g/mol. The Morgan fingerprint density at radius 1 is 1.12 bits per heavy atom. The maximum absolute atomic E-state index is 5.95. The molecule has 2 rings (SSSR count). The van der Waals surface area contributed by atoms with E-state index in [1.807, 2.05) is 39.0 Å². The van der Waals surface area contributed by atoms with Crippen LogP contribution in [0.25, 0.3) is 11.3 Å². The van der Waals surface area contributed by atoms with Gasteiger partial charge < -0.3 is 11.6 Å². The molecule has 1 aromatic heterocycles. The van der Waals surface area contributed by atoms with Gasteiger partial charge in [-0.25, -0.2) is 9.66 Å². The van der Waals surface area contributed by atoms with E-state index >= 15 is 0 Å². The van der Waals surface area contributed by atoms with Crippen LogP contribution in [0.3, 0.4) is 0 Å². The first-order chi connectivity index (χ1) is 7.52. The Kier molecular flexibility index (Phi) is 2.34. The fraction of sp³-hybridized carbons (Fsp3) is 0.250. The highest BCUT2D eigenvalue weighted by molar-refractivity contribution is 5.76. The van der Waals surface area contributed by atoms with E-state index in [-0.39, 0.29) is 0 Å². The summed E-state index contributed by atoms with van der Waals surface area (Å²) in [6, 6.07) is 6.12. The number of benzene rings is 1. The number of rotatable bonds is 1. The second-order valence-electron chi connectivity index (χ2n) is 4.03. The van der Waals surface area contributed by atoms with Gasteiger partial charge in [0.1, 0.15) is 11.5 Å². The second-order valence-corrected chi connectivity index (χ2v) is 4.03. The van der Waals surface area contributed by atoms with E-state index in [4.69, 9.17) is 11.6 Å². The van der Waals surface area contributed by atoms with Crippen molar-refractivity contribution in [2.24, 2.45) is 0 Å². The zero-order valence-electron chi connectivity index (χ0n) is 9.78. The molecule has 4 heteroatoms. The molecule has 0 atom stereocenters. The molecule has 0 saturated heterocycles. The summed E-state index contributed by atoms with van der Waals surface area (Å²) in [7, 11) is 0. The summed E-state index contributed by atoms with van der Waals surface area (Å²) >= 11 is 0. The third-order valence-corrected chi connectivity index (χ3v) is 2.84. The maximum Gasteiger partial charge on any atom is 0.150 e. The Bertz CT molecular complexity index is 520. The first-order valence-electron chi connectivity index (χ1n) is 5.19. The minimum atomic E-state index is 0.509. The fourth-order valence-electron chi connectivity index (χ4n) is 1.93. The van der Waals surface area contributed by atoms with E-state index in [2.05, 4.69) is 4.98 Å². The predicted octanol–water partition coefficient (Wildman–Crippen LogP) is 1.77. The van der Waals surface area contributed by atoms with Crippen molar-refractivity contribution in [2.45, 2.75) is 20.8 Å². The minimum Gasteiger partial charge on any atom is -0.382 e. The summed E-state index contributed by atoms with van der Waals surface area (Å²) in [4.78, 5) is 4.41. The van der Waals surface area contributed by atoms with E-state index < -0.39 is 0 Å². The molecule has 0 unspecified atom stereocenters. The predicted molar refractivity (Wildman–Crippen MR) is 66.4 cm³/mol. The number of aryl methyl sites for hydroxylation is 3. The van der Waals surface area contributed by atoms with Gasteiger partial charge in [0.05, 0.1) is 0 Å². The quantitative estimate of drug-likeness (QED) is 0.714. The van der Waals surface area contributed by atoms with Gasteiger partial charge in [0.2, 0.25) is 0 Å². The van der Waals surface area contributed by atoms with Crippen LogP contribution in [0.4, 0.5) is 5.82 Å². The highest BCUT2D eigenvalue weighted by atomic mass is 15.4. The van der Waals surface area contributed by atoms with Crippen LogP contribution in [-0.2, 0) is 0 Å². The Balaban J connectivity index is 2.72. The standard InChI is InChI=1S/C12H16N4/c1-7-5-4-6-8(2)10(7)11-12(13)16(14)9(3)15-11/h4-6H,13-14H2,1-3H3. The van der Waals surface area contributed by atoms with Crippen molar-refractivity contribution in [3.05, 3.63) is 35.2 Å². The zero-order chi connectivity index (χ0) is 11.9. The molecule has 0 bridgehead atoms. The number of imidazole rings is 1. The Labute approximate surface area is 94.9 Å². The van der Waals surface area contributed by atoms with Crippen LogP contribution >= 0.6 is 0 Å². The van der Waals surface area contributed by atoms with Gasteiger partial charge in [-0.05, 0) is 31.9 Å². The van der Waals surface area contributed by atoms with Crippen molar-refractivity contribution in [2.75, 3.05) is 11.6 Å². The number of anilines is 1. The van der Waals surface area contributed by atoms with Crippen LogP contribution in [0.15, 0.2) is 18.2 Å². The molecule has 4 nitrogen and oxygen atoms in total. The summed E-state index contributed by atoms with van der Waals surface area (Å²) in [6.07, 6.45) is 0. The summed E-state index contributed by atoms with van der Waals surface area (Å²) < 4.78 is 1.42. The number of nitrogens with zero attached hydrogens (tertiary/aromatic N) is 2. The van der Waals surface area contributed by atoms with Gasteiger partial charge >= 0.3 is 0 Å². The highest BCUT2D eigenvalue weighted by Gasteiger charge is 2.15. The van der Waals surface area contributed by atoms with Crippen LogP contribution in [0.2, 0.25) is 0 Å².